The van der Waals surface area contributed by atoms with Crippen molar-refractivity contribution < 1.29 is 9.90 Å². The molecule has 0 atom stereocenters. The van der Waals surface area contributed by atoms with Crippen LogP contribution in [0.3, 0.4) is 0 Å². The molecule has 0 saturated carbocycles. The molecule has 0 radical (unpaired) electrons. The second kappa shape index (κ2) is 5.59. The number of benzene rings is 1. The van der Waals surface area contributed by atoms with Gasteiger partial charge >= 0.3 is 5.97 Å². The van der Waals surface area contributed by atoms with Gasteiger partial charge in [0.1, 0.15) is 0 Å². The summed E-state index contributed by atoms with van der Waals surface area (Å²) in [6, 6.07) is 4.75. The molecule has 1 N–H and O–H groups in total. The number of aromatic carboxylic acids is 1. The summed E-state index contributed by atoms with van der Waals surface area (Å²) in [5.74, 6) is -0.965. The van der Waals surface area contributed by atoms with E-state index in [9.17, 15) is 9.90 Å². The molecule has 4 nitrogen and oxygen atoms in total. The van der Waals surface area contributed by atoms with Crippen molar-refractivity contribution >= 4 is 34.6 Å². The molecule has 0 amide bonds. The topological polar surface area (TPSA) is 53.4 Å². The standard InChI is InChI=1S/C13H13ClN2O2S/c1-8-15-10(7-19-8)6-16(2)12-5-9(14)3-4-11(12)13(17)18/h3-5,7H,6H2,1-2H3,(H,17,18). The summed E-state index contributed by atoms with van der Waals surface area (Å²) in [6.45, 7) is 2.49. The number of carboxylic acids is 1. The highest BCUT2D eigenvalue weighted by atomic mass is 35.5. The van der Waals surface area contributed by atoms with Gasteiger partial charge in [0.25, 0.3) is 0 Å². The van der Waals surface area contributed by atoms with E-state index in [1.54, 1.807) is 23.5 Å². The molecule has 0 spiro atoms. The third kappa shape index (κ3) is 3.24. The molecule has 19 heavy (non-hydrogen) atoms. The third-order valence-electron chi connectivity index (χ3n) is 2.67. The monoisotopic (exact) mass is 296 g/mol. The van der Waals surface area contributed by atoms with E-state index in [2.05, 4.69) is 4.98 Å². The highest BCUT2D eigenvalue weighted by Gasteiger charge is 2.15. The van der Waals surface area contributed by atoms with Gasteiger partial charge in [-0.2, -0.15) is 0 Å². The van der Waals surface area contributed by atoms with Gasteiger partial charge in [0.15, 0.2) is 0 Å². The zero-order valence-corrected chi connectivity index (χ0v) is 12.1. The minimum atomic E-state index is -0.965. The van der Waals surface area contributed by atoms with Crippen LogP contribution in [0, 0.1) is 6.92 Å². The van der Waals surface area contributed by atoms with Crippen LogP contribution in [-0.2, 0) is 6.54 Å². The predicted octanol–water partition coefficient (Wildman–Crippen LogP) is 3.44. The van der Waals surface area contributed by atoms with Gasteiger partial charge in [0.2, 0.25) is 0 Å². The molecule has 0 aliphatic heterocycles. The number of hydrogen-bond donors (Lipinski definition) is 1. The largest absolute Gasteiger partial charge is 0.478 e. The first-order valence-corrected chi connectivity index (χ1v) is 6.88. The average molecular weight is 297 g/mol. The van der Waals surface area contributed by atoms with Crippen LogP contribution in [0.5, 0.6) is 0 Å². The molecule has 0 aliphatic carbocycles. The fourth-order valence-electron chi connectivity index (χ4n) is 1.81. The smallest absolute Gasteiger partial charge is 0.337 e. The van der Waals surface area contributed by atoms with Gasteiger partial charge in [-0.05, 0) is 25.1 Å². The number of aryl methyl sites for hydroxylation is 1. The van der Waals surface area contributed by atoms with Crippen molar-refractivity contribution in [1.29, 1.82) is 0 Å². The lowest BCUT2D eigenvalue weighted by molar-refractivity contribution is 0.0697. The maximum atomic E-state index is 11.2. The molecule has 2 rings (SSSR count). The molecular formula is C13H13ClN2O2S. The van der Waals surface area contributed by atoms with E-state index in [-0.39, 0.29) is 5.56 Å². The Morgan fingerprint density at radius 2 is 2.26 bits per heavy atom. The van der Waals surface area contributed by atoms with E-state index in [1.165, 1.54) is 6.07 Å². The summed E-state index contributed by atoms with van der Waals surface area (Å²) in [7, 11) is 1.83. The summed E-state index contributed by atoms with van der Waals surface area (Å²) in [5, 5.41) is 12.7. The number of hydrogen-bond acceptors (Lipinski definition) is 4. The Labute approximate surface area is 120 Å². The summed E-state index contributed by atoms with van der Waals surface area (Å²) < 4.78 is 0. The molecule has 6 heteroatoms. The summed E-state index contributed by atoms with van der Waals surface area (Å²) in [5.41, 5.74) is 1.74. The molecule has 100 valence electrons. The molecule has 1 aromatic carbocycles. The average Bonchev–Trinajstić information content (AvgIpc) is 2.74. The number of rotatable bonds is 4. The van der Waals surface area contributed by atoms with Crippen molar-refractivity contribution in [2.24, 2.45) is 0 Å². The van der Waals surface area contributed by atoms with Crippen LogP contribution in [0.15, 0.2) is 23.6 Å². The van der Waals surface area contributed by atoms with Gasteiger partial charge in [-0.15, -0.1) is 11.3 Å². The van der Waals surface area contributed by atoms with Crippen molar-refractivity contribution in [2.75, 3.05) is 11.9 Å². The lowest BCUT2D eigenvalue weighted by Crippen LogP contribution is -2.19. The Hall–Kier alpha value is -1.59. The van der Waals surface area contributed by atoms with Crippen LogP contribution in [-0.4, -0.2) is 23.1 Å². The Kier molecular flexibility index (Phi) is 4.07. The maximum absolute atomic E-state index is 11.2. The Balaban J connectivity index is 2.29. The number of halogens is 1. The van der Waals surface area contributed by atoms with Crippen LogP contribution in [0.1, 0.15) is 21.1 Å². The lowest BCUT2D eigenvalue weighted by atomic mass is 10.1. The van der Waals surface area contributed by atoms with E-state index >= 15 is 0 Å². The molecule has 2 aromatic rings. The molecular weight excluding hydrogens is 284 g/mol. The Morgan fingerprint density at radius 3 is 2.84 bits per heavy atom. The second-order valence-electron chi connectivity index (χ2n) is 4.18. The third-order valence-corrected chi connectivity index (χ3v) is 3.72. The minimum Gasteiger partial charge on any atom is -0.478 e. The van der Waals surface area contributed by atoms with Gasteiger partial charge in [-0.25, -0.2) is 9.78 Å². The first kappa shape index (κ1) is 13.8. The number of carboxylic acid groups (broad SMARTS) is 1. The quantitative estimate of drug-likeness (QED) is 0.939. The van der Waals surface area contributed by atoms with Gasteiger partial charge in [0, 0.05) is 17.5 Å². The van der Waals surface area contributed by atoms with Gasteiger partial charge in [-0.3, -0.25) is 0 Å². The normalized spacial score (nSPS) is 10.5. The van der Waals surface area contributed by atoms with E-state index in [4.69, 9.17) is 11.6 Å². The van der Waals surface area contributed by atoms with Crippen LogP contribution in [0.2, 0.25) is 5.02 Å². The number of nitrogens with zero attached hydrogens (tertiary/aromatic N) is 2. The Bertz CT molecular complexity index is 612. The van der Waals surface area contributed by atoms with Crippen molar-refractivity contribution in [3.63, 3.8) is 0 Å². The Morgan fingerprint density at radius 1 is 1.53 bits per heavy atom. The number of aromatic nitrogens is 1. The number of thiazole rings is 1. The van der Waals surface area contributed by atoms with Crippen molar-refractivity contribution in [3.05, 3.63) is 44.9 Å². The maximum Gasteiger partial charge on any atom is 0.337 e. The molecule has 0 aliphatic rings. The summed E-state index contributed by atoms with van der Waals surface area (Å²) in [4.78, 5) is 17.4. The van der Waals surface area contributed by atoms with Crippen LogP contribution in [0.25, 0.3) is 0 Å². The van der Waals surface area contributed by atoms with Gasteiger partial charge in [0.05, 0.1) is 28.5 Å². The first-order valence-electron chi connectivity index (χ1n) is 5.62. The highest BCUT2D eigenvalue weighted by Crippen LogP contribution is 2.25. The lowest BCUT2D eigenvalue weighted by Gasteiger charge is -2.20. The molecule has 1 aromatic heterocycles. The van der Waals surface area contributed by atoms with Gasteiger partial charge < -0.3 is 10.0 Å². The van der Waals surface area contributed by atoms with Crippen LogP contribution < -0.4 is 4.90 Å². The fourth-order valence-corrected chi connectivity index (χ4v) is 2.58. The number of anilines is 1. The SMILES string of the molecule is Cc1nc(CN(C)c2cc(Cl)ccc2C(=O)O)cs1. The highest BCUT2D eigenvalue weighted by molar-refractivity contribution is 7.09. The van der Waals surface area contributed by atoms with Crippen molar-refractivity contribution in [2.45, 2.75) is 13.5 Å². The molecule has 0 saturated heterocycles. The van der Waals surface area contributed by atoms with E-state index < -0.39 is 5.97 Å². The molecule has 0 fully saturated rings. The molecule has 1 heterocycles. The van der Waals surface area contributed by atoms with Crippen LogP contribution >= 0.6 is 22.9 Å². The zero-order valence-electron chi connectivity index (χ0n) is 10.6. The van der Waals surface area contributed by atoms with E-state index in [0.29, 0.717) is 17.3 Å². The number of carbonyl (C=O) groups is 1. The second-order valence-corrected chi connectivity index (χ2v) is 5.68. The van der Waals surface area contributed by atoms with E-state index in [1.807, 2.05) is 24.3 Å². The first-order chi connectivity index (χ1) is 8.97. The summed E-state index contributed by atoms with van der Waals surface area (Å²) >= 11 is 7.51. The zero-order chi connectivity index (χ0) is 14.0. The van der Waals surface area contributed by atoms with E-state index in [0.717, 1.165) is 10.7 Å². The van der Waals surface area contributed by atoms with Crippen LogP contribution in [0.4, 0.5) is 5.69 Å². The van der Waals surface area contributed by atoms with Gasteiger partial charge in [-0.1, -0.05) is 11.6 Å². The van der Waals surface area contributed by atoms with Crippen molar-refractivity contribution in [3.8, 4) is 0 Å². The fraction of sp³-hybridized carbons (Fsp3) is 0.231. The molecule has 0 bridgehead atoms. The molecule has 0 unspecified atom stereocenters. The summed E-state index contributed by atoms with van der Waals surface area (Å²) in [6.07, 6.45) is 0. The van der Waals surface area contributed by atoms with Crippen molar-refractivity contribution in [1.82, 2.24) is 4.98 Å². The minimum absolute atomic E-state index is 0.235. The predicted molar refractivity (Wildman–Crippen MR) is 77.4 cm³/mol.